The molecule has 0 radical (unpaired) electrons. The molecule has 2 aromatic carbocycles. The van der Waals surface area contributed by atoms with Gasteiger partial charge in [0.05, 0.1) is 13.3 Å². The fourth-order valence-corrected chi connectivity index (χ4v) is 2.19. The number of halogens is 1. The Morgan fingerprint density at radius 1 is 1.12 bits per heavy atom. The lowest BCUT2D eigenvalue weighted by Gasteiger charge is -2.12. The lowest BCUT2D eigenvalue weighted by Crippen LogP contribution is -2.12. The Kier molecular flexibility index (Phi) is 7.28. The highest BCUT2D eigenvalue weighted by molar-refractivity contribution is 9.10. The fourth-order valence-electron chi connectivity index (χ4n) is 1.92. The van der Waals surface area contributed by atoms with Crippen LogP contribution in [0.4, 0.5) is 0 Å². The van der Waals surface area contributed by atoms with Gasteiger partial charge in [0.15, 0.2) is 11.5 Å². The molecule has 0 bridgehead atoms. The van der Waals surface area contributed by atoms with Crippen LogP contribution in [0.1, 0.15) is 12.5 Å². The zero-order valence-corrected chi connectivity index (χ0v) is 15.6. The second kappa shape index (κ2) is 9.68. The number of methoxy groups -OCH3 is 1. The molecule has 0 aromatic heterocycles. The van der Waals surface area contributed by atoms with Crippen molar-refractivity contribution in [2.75, 3.05) is 20.3 Å². The molecule has 0 fully saturated rings. The highest BCUT2D eigenvalue weighted by Crippen LogP contribution is 2.27. The van der Waals surface area contributed by atoms with E-state index in [1.807, 2.05) is 30.3 Å². The number of hydrogen-bond donors (Lipinski definition) is 1. The van der Waals surface area contributed by atoms with Crippen molar-refractivity contribution in [1.29, 1.82) is 0 Å². The molecule has 2 rings (SSSR count). The monoisotopic (exact) mass is 406 g/mol. The first-order chi connectivity index (χ1) is 12.1. The van der Waals surface area contributed by atoms with Crippen LogP contribution in [0.2, 0.25) is 0 Å². The van der Waals surface area contributed by atoms with Crippen molar-refractivity contribution in [3.8, 4) is 17.2 Å². The quantitative estimate of drug-likeness (QED) is 0.414. The Labute approximate surface area is 154 Å². The molecule has 0 unspecified atom stereocenters. The molecule has 0 heterocycles. The SMILES string of the molecule is COc1cc(/C=N\NC(C)=O)ccc1OCCOc1ccc(Br)cc1. The van der Waals surface area contributed by atoms with Gasteiger partial charge in [-0.25, -0.2) is 5.43 Å². The number of carbonyl (C=O) groups is 1. The summed E-state index contributed by atoms with van der Waals surface area (Å²) in [5, 5.41) is 3.82. The summed E-state index contributed by atoms with van der Waals surface area (Å²) in [6, 6.07) is 13.0. The minimum atomic E-state index is -0.228. The number of ether oxygens (including phenoxy) is 3. The molecule has 0 saturated carbocycles. The van der Waals surface area contributed by atoms with Crippen LogP contribution in [0.5, 0.6) is 17.2 Å². The van der Waals surface area contributed by atoms with Crippen molar-refractivity contribution in [2.45, 2.75) is 6.92 Å². The van der Waals surface area contributed by atoms with Crippen molar-refractivity contribution in [3.05, 3.63) is 52.5 Å². The first kappa shape index (κ1) is 18.8. The van der Waals surface area contributed by atoms with Gasteiger partial charge in [-0.1, -0.05) is 15.9 Å². The number of rotatable bonds is 8. The molecule has 25 heavy (non-hydrogen) atoms. The Balaban J connectivity index is 1.87. The Morgan fingerprint density at radius 2 is 1.84 bits per heavy atom. The number of nitrogens with zero attached hydrogens (tertiary/aromatic N) is 1. The third kappa shape index (κ3) is 6.46. The minimum Gasteiger partial charge on any atom is -0.493 e. The highest BCUT2D eigenvalue weighted by Gasteiger charge is 2.05. The molecule has 6 nitrogen and oxygen atoms in total. The van der Waals surface area contributed by atoms with Crippen LogP contribution in [0.15, 0.2) is 52.0 Å². The molecule has 2 aromatic rings. The van der Waals surface area contributed by atoms with Gasteiger partial charge in [0.1, 0.15) is 19.0 Å². The normalized spacial score (nSPS) is 10.5. The largest absolute Gasteiger partial charge is 0.493 e. The zero-order chi connectivity index (χ0) is 18.1. The van der Waals surface area contributed by atoms with Crippen molar-refractivity contribution in [2.24, 2.45) is 5.10 Å². The van der Waals surface area contributed by atoms with Crippen LogP contribution in [0.25, 0.3) is 0 Å². The molecular weight excluding hydrogens is 388 g/mol. The summed E-state index contributed by atoms with van der Waals surface area (Å²) in [6.45, 7) is 2.19. The molecule has 0 aliphatic carbocycles. The maximum atomic E-state index is 10.8. The number of hydrogen-bond acceptors (Lipinski definition) is 5. The van der Waals surface area contributed by atoms with Crippen molar-refractivity contribution < 1.29 is 19.0 Å². The Bertz CT molecular complexity index is 732. The molecule has 0 spiro atoms. The molecule has 0 atom stereocenters. The van der Waals surface area contributed by atoms with E-state index < -0.39 is 0 Å². The zero-order valence-electron chi connectivity index (χ0n) is 14.0. The van der Waals surface area contributed by atoms with Gasteiger partial charge >= 0.3 is 0 Å². The van der Waals surface area contributed by atoms with Crippen LogP contribution in [-0.4, -0.2) is 32.4 Å². The number of hydrazone groups is 1. The smallest absolute Gasteiger partial charge is 0.236 e. The van der Waals surface area contributed by atoms with Crippen molar-refractivity contribution >= 4 is 28.1 Å². The molecule has 1 amide bonds. The lowest BCUT2D eigenvalue weighted by molar-refractivity contribution is -0.118. The molecular formula is C18H19BrN2O4. The van der Waals surface area contributed by atoms with Gasteiger partial charge in [0, 0.05) is 11.4 Å². The van der Waals surface area contributed by atoms with Crippen LogP contribution in [0.3, 0.4) is 0 Å². The maximum absolute atomic E-state index is 10.8. The first-order valence-electron chi connectivity index (χ1n) is 7.57. The summed E-state index contributed by atoms with van der Waals surface area (Å²) in [5.74, 6) is 1.74. The topological polar surface area (TPSA) is 69.2 Å². The van der Waals surface area contributed by atoms with Gasteiger partial charge in [-0.15, -0.1) is 0 Å². The summed E-state index contributed by atoms with van der Waals surface area (Å²) >= 11 is 3.38. The van der Waals surface area contributed by atoms with Crippen LogP contribution in [0, 0.1) is 0 Å². The summed E-state index contributed by atoms with van der Waals surface area (Å²) < 4.78 is 17.6. The van der Waals surface area contributed by atoms with Crippen LogP contribution >= 0.6 is 15.9 Å². The van der Waals surface area contributed by atoms with E-state index >= 15 is 0 Å². The summed E-state index contributed by atoms with van der Waals surface area (Å²) in [7, 11) is 1.56. The number of carbonyl (C=O) groups excluding carboxylic acids is 1. The second-order valence-corrected chi connectivity index (χ2v) is 5.90. The maximum Gasteiger partial charge on any atom is 0.236 e. The third-order valence-electron chi connectivity index (χ3n) is 3.05. The van der Waals surface area contributed by atoms with Crippen LogP contribution in [-0.2, 0) is 4.79 Å². The Morgan fingerprint density at radius 3 is 2.52 bits per heavy atom. The van der Waals surface area contributed by atoms with E-state index in [0.717, 1.165) is 15.8 Å². The lowest BCUT2D eigenvalue weighted by atomic mass is 10.2. The number of nitrogens with one attached hydrogen (secondary N) is 1. The van der Waals surface area contributed by atoms with E-state index in [0.29, 0.717) is 24.7 Å². The van der Waals surface area contributed by atoms with E-state index in [9.17, 15) is 4.79 Å². The van der Waals surface area contributed by atoms with Gasteiger partial charge in [-0.2, -0.15) is 5.10 Å². The minimum absolute atomic E-state index is 0.228. The van der Waals surface area contributed by atoms with E-state index in [-0.39, 0.29) is 5.91 Å². The molecule has 132 valence electrons. The number of amides is 1. The average molecular weight is 407 g/mol. The van der Waals surface area contributed by atoms with E-state index in [1.54, 1.807) is 19.2 Å². The van der Waals surface area contributed by atoms with Gasteiger partial charge < -0.3 is 14.2 Å². The summed E-state index contributed by atoms with van der Waals surface area (Å²) in [4.78, 5) is 10.8. The van der Waals surface area contributed by atoms with Gasteiger partial charge in [-0.3, -0.25) is 4.79 Å². The molecule has 0 aliphatic rings. The predicted octanol–water partition coefficient (Wildman–Crippen LogP) is 3.39. The van der Waals surface area contributed by atoms with E-state index in [1.165, 1.54) is 13.1 Å². The molecule has 0 aliphatic heterocycles. The Hall–Kier alpha value is -2.54. The molecule has 1 N–H and O–H groups in total. The predicted molar refractivity (Wildman–Crippen MR) is 99.5 cm³/mol. The fraction of sp³-hybridized carbons (Fsp3) is 0.222. The second-order valence-electron chi connectivity index (χ2n) is 4.99. The van der Waals surface area contributed by atoms with E-state index in [4.69, 9.17) is 14.2 Å². The average Bonchev–Trinajstić information content (AvgIpc) is 2.60. The molecule has 0 saturated heterocycles. The first-order valence-corrected chi connectivity index (χ1v) is 8.36. The van der Waals surface area contributed by atoms with Gasteiger partial charge in [-0.05, 0) is 48.0 Å². The molecule has 7 heteroatoms. The van der Waals surface area contributed by atoms with E-state index in [2.05, 4.69) is 26.5 Å². The standard InChI is InChI=1S/C18H19BrN2O4/c1-13(22)21-20-12-14-3-8-17(18(11-14)23-2)25-10-9-24-16-6-4-15(19)5-7-16/h3-8,11-12H,9-10H2,1-2H3,(H,21,22)/b20-12-. The highest BCUT2D eigenvalue weighted by atomic mass is 79.9. The van der Waals surface area contributed by atoms with Crippen LogP contribution < -0.4 is 19.6 Å². The van der Waals surface area contributed by atoms with Gasteiger partial charge in [0.25, 0.3) is 0 Å². The third-order valence-corrected chi connectivity index (χ3v) is 3.58. The van der Waals surface area contributed by atoms with Crippen molar-refractivity contribution in [3.63, 3.8) is 0 Å². The van der Waals surface area contributed by atoms with Crippen molar-refractivity contribution in [1.82, 2.24) is 5.43 Å². The summed E-state index contributed by atoms with van der Waals surface area (Å²) in [5.41, 5.74) is 3.13. The van der Waals surface area contributed by atoms with Gasteiger partial charge in [0.2, 0.25) is 5.91 Å². The number of benzene rings is 2. The summed E-state index contributed by atoms with van der Waals surface area (Å²) in [6.07, 6.45) is 1.53.